The van der Waals surface area contributed by atoms with E-state index in [1.54, 1.807) is 17.5 Å². The number of fused-ring (bicyclic) bond motifs is 2. The Labute approximate surface area is 139 Å². The second-order valence-corrected chi connectivity index (χ2v) is 6.73. The van der Waals surface area contributed by atoms with Crippen molar-refractivity contribution in [1.29, 1.82) is 0 Å². The van der Waals surface area contributed by atoms with Crippen LogP contribution in [0.2, 0.25) is 0 Å². The molecule has 0 amide bonds. The minimum Gasteiger partial charge on any atom is -0.476 e. The number of pyridine rings is 1. The SMILES string of the molecule is CCc1cc2c(N3CCOc4ncccc4C3)nc(C)nc2s1. The standard InChI is InChI=1S/C17H18N4OS/c1-3-13-9-14-15(19-11(2)20-17(14)23-13)21-7-8-22-16-12(10-21)5-4-6-18-16/h4-6,9H,3,7-8,10H2,1-2H3. The lowest BCUT2D eigenvalue weighted by atomic mass is 10.2. The highest BCUT2D eigenvalue weighted by Crippen LogP contribution is 2.33. The summed E-state index contributed by atoms with van der Waals surface area (Å²) in [6, 6.07) is 6.24. The van der Waals surface area contributed by atoms with Gasteiger partial charge in [0.1, 0.15) is 23.1 Å². The molecule has 0 atom stereocenters. The van der Waals surface area contributed by atoms with Crippen LogP contribution in [0.15, 0.2) is 24.4 Å². The Balaban J connectivity index is 1.80. The molecule has 3 aromatic rings. The van der Waals surface area contributed by atoms with E-state index in [1.807, 2.05) is 13.0 Å². The van der Waals surface area contributed by atoms with E-state index in [9.17, 15) is 0 Å². The third-order valence-corrected chi connectivity index (χ3v) is 5.17. The van der Waals surface area contributed by atoms with Crippen LogP contribution in [0.25, 0.3) is 10.2 Å². The molecule has 0 fully saturated rings. The molecular weight excluding hydrogens is 308 g/mol. The number of rotatable bonds is 2. The minimum atomic E-state index is 0.610. The van der Waals surface area contributed by atoms with Gasteiger partial charge in [0.15, 0.2) is 0 Å². The maximum absolute atomic E-state index is 5.78. The van der Waals surface area contributed by atoms with Crippen LogP contribution in [0.3, 0.4) is 0 Å². The molecule has 1 aliphatic rings. The molecule has 0 unspecified atom stereocenters. The van der Waals surface area contributed by atoms with Crippen molar-refractivity contribution in [3.05, 3.63) is 40.7 Å². The van der Waals surface area contributed by atoms with Gasteiger partial charge in [-0.05, 0) is 25.5 Å². The second kappa shape index (κ2) is 5.77. The number of hydrogen-bond donors (Lipinski definition) is 0. The number of aryl methyl sites for hydroxylation is 2. The molecule has 118 valence electrons. The fourth-order valence-electron chi connectivity index (χ4n) is 2.87. The maximum atomic E-state index is 5.78. The van der Waals surface area contributed by atoms with Gasteiger partial charge in [0, 0.05) is 23.2 Å². The number of ether oxygens (including phenoxy) is 1. The van der Waals surface area contributed by atoms with E-state index in [4.69, 9.17) is 9.72 Å². The molecule has 0 aliphatic carbocycles. The third-order valence-electron chi connectivity index (χ3n) is 3.99. The fraction of sp³-hybridized carbons (Fsp3) is 0.353. The first-order valence-corrected chi connectivity index (χ1v) is 8.65. The van der Waals surface area contributed by atoms with E-state index in [-0.39, 0.29) is 0 Å². The molecule has 0 radical (unpaired) electrons. The van der Waals surface area contributed by atoms with Crippen molar-refractivity contribution in [3.63, 3.8) is 0 Å². The van der Waals surface area contributed by atoms with Gasteiger partial charge in [-0.2, -0.15) is 0 Å². The summed E-state index contributed by atoms with van der Waals surface area (Å²) in [6.45, 7) is 6.29. The van der Waals surface area contributed by atoms with Crippen LogP contribution in [0, 0.1) is 6.92 Å². The Kier molecular flexibility index (Phi) is 3.61. The Morgan fingerprint density at radius 1 is 1.35 bits per heavy atom. The summed E-state index contributed by atoms with van der Waals surface area (Å²) >= 11 is 1.76. The minimum absolute atomic E-state index is 0.610. The number of thiophene rings is 1. The molecule has 0 saturated heterocycles. The van der Waals surface area contributed by atoms with Crippen LogP contribution in [0.5, 0.6) is 5.88 Å². The van der Waals surface area contributed by atoms with Crippen molar-refractivity contribution in [3.8, 4) is 5.88 Å². The van der Waals surface area contributed by atoms with Gasteiger partial charge >= 0.3 is 0 Å². The lowest BCUT2D eigenvalue weighted by molar-refractivity contribution is 0.319. The summed E-state index contributed by atoms with van der Waals surface area (Å²) in [5.74, 6) is 2.55. The van der Waals surface area contributed by atoms with Gasteiger partial charge < -0.3 is 9.64 Å². The van der Waals surface area contributed by atoms with E-state index in [0.717, 1.165) is 52.8 Å². The third kappa shape index (κ3) is 2.63. The van der Waals surface area contributed by atoms with Crippen molar-refractivity contribution in [2.45, 2.75) is 26.8 Å². The normalized spacial score (nSPS) is 14.4. The lowest BCUT2D eigenvalue weighted by Gasteiger charge is -2.21. The largest absolute Gasteiger partial charge is 0.476 e. The highest BCUT2D eigenvalue weighted by molar-refractivity contribution is 7.18. The fourth-order valence-corrected chi connectivity index (χ4v) is 3.88. The maximum Gasteiger partial charge on any atom is 0.218 e. The van der Waals surface area contributed by atoms with Gasteiger partial charge in [-0.3, -0.25) is 0 Å². The summed E-state index contributed by atoms with van der Waals surface area (Å²) in [6.07, 6.45) is 2.79. The van der Waals surface area contributed by atoms with Crippen molar-refractivity contribution in [2.24, 2.45) is 0 Å². The Hall–Kier alpha value is -2.21. The lowest BCUT2D eigenvalue weighted by Crippen LogP contribution is -2.26. The average Bonchev–Trinajstić information content (AvgIpc) is 2.85. The van der Waals surface area contributed by atoms with Gasteiger partial charge in [0.2, 0.25) is 5.88 Å². The summed E-state index contributed by atoms with van der Waals surface area (Å²) in [7, 11) is 0. The van der Waals surface area contributed by atoms with Crippen LogP contribution in [-0.4, -0.2) is 28.1 Å². The smallest absolute Gasteiger partial charge is 0.218 e. The zero-order valence-electron chi connectivity index (χ0n) is 13.2. The number of hydrogen-bond acceptors (Lipinski definition) is 6. The van der Waals surface area contributed by atoms with Crippen molar-refractivity contribution in [1.82, 2.24) is 15.0 Å². The molecule has 0 N–H and O–H groups in total. The summed E-state index contributed by atoms with van der Waals surface area (Å²) < 4.78 is 5.78. The molecule has 23 heavy (non-hydrogen) atoms. The van der Waals surface area contributed by atoms with Crippen molar-refractivity contribution in [2.75, 3.05) is 18.1 Å². The monoisotopic (exact) mass is 326 g/mol. The first-order chi connectivity index (χ1) is 11.2. The predicted octanol–water partition coefficient (Wildman–Crippen LogP) is 3.36. The zero-order valence-corrected chi connectivity index (χ0v) is 14.1. The Morgan fingerprint density at radius 3 is 3.13 bits per heavy atom. The highest BCUT2D eigenvalue weighted by Gasteiger charge is 2.20. The quantitative estimate of drug-likeness (QED) is 0.723. The Morgan fingerprint density at radius 2 is 2.26 bits per heavy atom. The molecule has 0 bridgehead atoms. The summed E-state index contributed by atoms with van der Waals surface area (Å²) in [5.41, 5.74) is 1.10. The van der Waals surface area contributed by atoms with Crippen LogP contribution >= 0.6 is 11.3 Å². The molecule has 5 nitrogen and oxygen atoms in total. The van der Waals surface area contributed by atoms with Crippen LogP contribution in [0.4, 0.5) is 5.82 Å². The van der Waals surface area contributed by atoms with Crippen LogP contribution in [0.1, 0.15) is 23.2 Å². The molecule has 6 heteroatoms. The zero-order chi connectivity index (χ0) is 15.8. The Bertz CT molecular complexity index is 861. The van der Waals surface area contributed by atoms with Gasteiger partial charge in [-0.1, -0.05) is 13.0 Å². The van der Waals surface area contributed by atoms with Crippen LogP contribution < -0.4 is 9.64 Å². The molecule has 4 rings (SSSR count). The van der Waals surface area contributed by atoms with Crippen molar-refractivity contribution < 1.29 is 4.74 Å². The average molecular weight is 326 g/mol. The molecule has 0 aromatic carbocycles. The first-order valence-electron chi connectivity index (χ1n) is 7.83. The molecule has 0 spiro atoms. The van der Waals surface area contributed by atoms with Gasteiger partial charge in [-0.15, -0.1) is 11.3 Å². The topological polar surface area (TPSA) is 51.1 Å². The van der Waals surface area contributed by atoms with E-state index < -0.39 is 0 Å². The number of aromatic nitrogens is 3. The van der Waals surface area contributed by atoms with Gasteiger partial charge in [-0.25, -0.2) is 15.0 Å². The second-order valence-electron chi connectivity index (χ2n) is 5.62. The summed E-state index contributed by atoms with van der Waals surface area (Å²) in [4.78, 5) is 18.3. The van der Waals surface area contributed by atoms with Crippen molar-refractivity contribution >= 4 is 27.4 Å². The molecule has 3 aromatic heterocycles. The van der Waals surface area contributed by atoms with E-state index in [1.165, 1.54) is 4.88 Å². The predicted molar refractivity (Wildman–Crippen MR) is 92.3 cm³/mol. The van der Waals surface area contributed by atoms with Crippen LogP contribution in [-0.2, 0) is 13.0 Å². The van der Waals surface area contributed by atoms with Gasteiger partial charge in [0.05, 0.1) is 11.9 Å². The summed E-state index contributed by atoms with van der Waals surface area (Å²) in [5, 5.41) is 1.14. The first kappa shape index (κ1) is 14.4. The number of anilines is 1. The molecule has 1 aliphatic heterocycles. The highest BCUT2D eigenvalue weighted by atomic mass is 32.1. The van der Waals surface area contributed by atoms with Gasteiger partial charge in [0.25, 0.3) is 0 Å². The van der Waals surface area contributed by atoms with E-state index in [0.29, 0.717) is 6.61 Å². The number of nitrogens with zero attached hydrogens (tertiary/aromatic N) is 4. The molecule has 0 saturated carbocycles. The van der Waals surface area contributed by atoms with E-state index in [2.05, 4.69) is 33.9 Å². The molecule has 4 heterocycles. The van der Waals surface area contributed by atoms with E-state index >= 15 is 0 Å². The molecular formula is C17H18N4OS.